The molecule has 1 aliphatic rings. The first-order valence-corrected chi connectivity index (χ1v) is 29.1. The van der Waals surface area contributed by atoms with Crippen LogP contribution in [0.2, 0.25) is 0 Å². The van der Waals surface area contributed by atoms with E-state index in [1.165, 1.54) is 148 Å². The molecule has 1 rings (SSSR count). The molecular formula is C55H102O12S. The molecule has 13 heteroatoms. The van der Waals surface area contributed by atoms with Crippen LogP contribution in [0.4, 0.5) is 0 Å². The quantitative estimate of drug-likeness (QED) is 0.0197. The standard InChI is InChI=1S/C55H102O12S/c1-3-5-7-9-11-13-15-17-19-21-23-25-26-28-30-32-34-36-38-40-42-44-51(57)65-49(48-64-55-53(59)54(67-68(60,61)62)52(58)50(46-56)66-55)47-63-45-43-41-39-37-35-33-31-29-27-24-22-20-18-16-14-12-10-8-6-4-2/h15,17,21,23,26,28,49-50,52-56,58-59H,3-14,16,18-20,22,24-25,27,29-48H2,1-2H3,(H,60,61,62)/b17-15-,23-21-,28-26-. The lowest BCUT2D eigenvalue weighted by atomic mass is 9.99. The number of esters is 1. The Morgan fingerprint density at radius 1 is 0.559 bits per heavy atom. The first-order valence-electron chi connectivity index (χ1n) is 27.7. The van der Waals surface area contributed by atoms with E-state index < -0.39 is 59.8 Å². The number of ether oxygens (including phenoxy) is 4. The van der Waals surface area contributed by atoms with Crippen molar-refractivity contribution in [2.24, 2.45) is 0 Å². The highest BCUT2D eigenvalue weighted by molar-refractivity contribution is 7.80. The smallest absolute Gasteiger partial charge is 0.397 e. The van der Waals surface area contributed by atoms with Gasteiger partial charge in [0.05, 0.1) is 19.8 Å². The van der Waals surface area contributed by atoms with Crippen molar-refractivity contribution < 1.29 is 56.2 Å². The molecule has 0 bridgehead atoms. The van der Waals surface area contributed by atoms with Crippen LogP contribution in [0.25, 0.3) is 0 Å². The maximum atomic E-state index is 12.9. The summed E-state index contributed by atoms with van der Waals surface area (Å²) < 4.78 is 59.4. The molecule has 0 radical (unpaired) electrons. The third-order valence-corrected chi connectivity index (χ3v) is 13.2. The molecule has 0 amide bonds. The average molecular weight is 987 g/mol. The highest BCUT2D eigenvalue weighted by Gasteiger charge is 2.48. The minimum Gasteiger partial charge on any atom is -0.457 e. The van der Waals surface area contributed by atoms with Gasteiger partial charge in [-0.2, -0.15) is 8.42 Å². The Bertz CT molecular complexity index is 1320. The zero-order valence-corrected chi connectivity index (χ0v) is 44.0. The van der Waals surface area contributed by atoms with E-state index in [4.69, 9.17) is 18.9 Å². The van der Waals surface area contributed by atoms with Gasteiger partial charge in [0.1, 0.15) is 30.5 Å². The number of rotatable bonds is 49. The predicted octanol–water partition coefficient (Wildman–Crippen LogP) is 13.3. The van der Waals surface area contributed by atoms with Crippen molar-refractivity contribution in [3.05, 3.63) is 36.5 Å². The molecule has 1 fully saturated rings. The van der Waals surface area contributed by atoms with Crippen molar-refractivity contribution in [1.82, 2.24) is 0 Å². The monoisotopic (exact) mass is 987 g/mol. The number of carbonyl (C=O) groups excluding carboxylic acids is 1. The molecule has 6 atom stereocenters. The molecule has 0 aromatic heterocycles. The van der Waals surface area contributed by atoms with E-state index in [1.54, 1.807) is 0 Å². The van der Waals surface area contributed by atoms with Gasteiger partial charge in [-0.15, -0.1) is 0 Å². The van der Waals surface area contributed by atoms with Crippen molar-refractivity contribution in [3.63, 3.8) is 0 Å². The molecule has 1 saturated heterocycles. The van der Waals surface area contributed by atoms with E-state index in [0.717, 1.165) is 70.6 Å². The Balaban J connectivity index is 2.33. The zero-order valence-electron chi connectivity index (χ0n) is 43.2. The summed E-state index contributed by atoms with van der Waals surface area (Å²) in [5, 5.41) is 30.8. The number of hydrogen-bond donors (Lipinski definition) is 4. The van der Waals surface area contributed by atoms with Gasteiger partial charge in [-0.25, -0.2) is 4.18 Å². The minimum absolute atomic E-state index is 0.0338. The van der Waals surface area contributed by atoms with Crippen LogP contribution in [-0.4, -0.2) is 97.5 Å². The second-order valence-corrected chi connectivity index (χ2v) is 20.2. The van der Waals surface area contributed by atoms with Crippen molar-refractivity contribution in [2.75, 3.05) is 26.4 Å². The number of aliphatic hydroxyl groups excluding tert-OH is 3. The van der Waals surface area contributed by atoms with Crippen molar-refractivity contribution >= 4 is 16.4 Å². The molecule has 0 aliphatic carbocycles. The lowest BCUT2D eigenvalue weighted by Gasteiger charge is -2.41. The fourth-order valence-corrected chi connectivity index (χ4v) is 9.07. The SMILES string of the molecule is CCCCCCC/C=C\C/C=C\C/C=C\CCCCCCCCC(=O)OC(COCCCCCCCCCCCCCCCCCCCCCC)COC1OC(CO)C(O)C(OS(=O)(=O)O)C1O. The molecule has 1 heterocycles. The molecule has 1 aliphatic heterocycles. The third kappa shape index (κ3) is 39.0. The highest BCUT2D eigenvalue weighted by atomic mass is 32.3. The van der Waals surface area contributed by atoms with Gasteiger partial charge >= 0.3 is 16.4 Å². The van der Waals surface area contributed by atoms with Gasteiger partial charge in [0.15, 0.2) is 6.29 Å². The summed E-state index contributed by atoms with van der Waals surface area (Å²) in [5.41, 5.74) is 0. The molecule has 68 heavy (non-hydrogen) atoms. The van der Waals surface area contributed by atoms with Gasteiger partial charge in [0.2, 0.25) is 0 Å². The summed E-state index contributed by atoms with van der Waals surface area (Å²) in [4.78, 5) is 12.9. The summed E-state index contributed by atoms with van der Waals surface area (Å²) in [7, 11) is -5.07. The first kappa shape index (κ1) is 64.3. The molecule has 0 spiro atoms. The summed E-state index contributed by atoms with van der Waals surface area (Å²) in [6.45, 7) is 4.01. The third-order valence-electron chi connectivity index (χ3n) is 12.8. The predicted molar refractivity (Wildman–Crippen MR) is 276 cm³/mol. The fourth-order valence-electron chi connectivity index (χ4n) is 8.56. The zero-order chi connectivity index (χ0) is 49.6. The molecule has 6 unspecified atom stereocenters. The van der Waals surface area contributed by atoms with Crippen LogP contribution in [0.15, 0.2) is 36.5 Å². The average Bonchev–Trinajstić information content (AvgIpc) is 3.31. The second-order valence-electron chi connectivity index (χ2n) is 19.2. The van der Waals surface area contributed by atoms with Crippen molar-refractivity contribution in [1.29, 1.82) is 0 Å². The number of aliphatic hydroxyl groups is 3. The van der Waals surface area contributed by atoms with E-state index in [2.05, 4.69) is 54.5 Å². The molecule has 12 nitrogen and oxygen atoms in total. The normalized spacial score (nSPS) is 19.5. The summed E-state index contributed by atoms with van der Waals surface area (Å²) in [6.07, 6.45) is 47.5. The van der Waals surface area contributed by atoms with Crippen molar-refractivity contribution in [3.8, 4) is 0 Å². The lowest BCUT2D eigenvalue weighted by Crippen LogP contribution is -2.60. The molecule has 400 valence electrons. The van der Waals surface area contributed by atoms with E-state index in [1.807, 2.05) is 0 Å². The van der Waals surface area contributed by atoms with E-state index in [9.17, 15) is 33.1 Å². The van der Waals surface area contributed by atoms with Gasteiger partial charge in [0, 0.05) is 13.0 Å². The van der Waals surface area contributed by atoms with Gasteiger partial charge in [-0.3, -0.25) is 9.35 Å². The summed E-state index contributed by atoms with van der Waals surface area (Å²) in [6, 6.07) is 0. The fraction of sp³-hybridized carbons (Fsp3) is 0.873. The molecule has 0 aromatic carbocycles. The van der Waals surface area contributed by atoms with Crippen LogP contribution >= 0.6 is 0 Å². The van der Waals surface area contributed by atoms with E-state index in [-0.39, 0.29) is 19.6 Å². The second kappa shape index (κ2) is 46.4. The molecule has 4 N–H and O–H groups in total. The Labute approximate surface area is 415 Å². The van der Waals surface area contributed by atoms with Crippen LogP contribution in [-0.2, 0) is 38.3 Å². The molecule has 0 aromatic rings. The molecule has 0 saturated carbocycles. The number of allylic oxidation sites excluding steroid dienone is 6. The minimum atomic E-state index is -5.07. The van der Waals surface area contributed by atoms with Crippen LogP contribution in [0.5, 0.6) is 0 Å². The Morgan fingerprint density at radius 3 is 1.41 bits per heavy atom. The van der Waals surface area contributed by atoms with Gasteiger partial charge < -0.3 is 34.3 Å². The highest BCUT2D eigenvalue weighted by Crippen LogP contribution is 2.26. The lowest BCUT2D eigenvalue weighted by molar-refractivity contribution is -0.301. The first-order chi connectivity index (χ1) is 33.1. The van der Waals surface area contributed by atoms with Crippen LogP contribution in [0.3, 0.4) is 0 Å². The Kier molecular flexibility index (Phi) is 43.9. The number of hydrogen-bond acceptors (Lipinski definition) is 11. The number of unbranched alkanes of at least 4 members (excludes halogenated alkanes) is 30. The molecular weight excluding hydrogens is 885 g/mol. The van der Waals surface area contributed by atoms with E-state index in [0.29, 0.717) is 13.0 Å². The van der Waals surface area contributed by atoms with Crippen LogP contribution in [0.1, 0.15) is 245 Å². The Morgan fingerprint density at radius 2 is 0.971 bits per heavy atom. The van der Waals surface area contributed by atoms with Crippen LogP contribution < -0.4 is 0 Å². The van der Waals surface area contributed by atoms with E-state index >= 15 is 0 Å². The largest absolute Gasteiger partial charge is 0.457 e. The van der Waals surface area contributed by atoms with Gasteiger partial charge in [0.25, 0.3) is 0 Å². The topological polar surface area (TPSA) is 178 Å². The summed E-state index contributed by atoms with van der Waals surface area (Å²) in [5.74, 6) is -0.407. The maximum absolute atomic E-state index is 12.9. The van der Waals surface area contributed by atoms with Crippen molar-refractivity contribution in [2.45, 2.75) is 282 Å². The Hall–Kier alpha value is -1.68. The van der Waals surface area contributed by atoms with Gasteiger partial charge in [-0.05, 0) is 51.4 Å². The summed E-state index contributed by atoms with van der Waals surface area (Å²) >= 11 is 0. The maximum Gasteiger partial charge on any atom is 0.397 e. The van der Waals surface area contributed by atoms with Crippen LogP contribution in [0, 0.1) is 0 Å². The van der Waals surface area contributed by atoms with Gasteiger partial charge in [-0.1, -0.05) is 224 Å². The number of carbonyl (C=O) groups is 1.